The van der Waals surface area contributed by atoms with Gasteiger partial charge in [-0.2, -0.15) is 0 Å². The van der Waals surface area contributed by atoms with Crippen molar-refractivity contribution in [2.24, 2.45) is 5.92 Å². The predicted octanol–water partition coefficient (Wildman–Crippen LogP) is 9.90. The highest BCUT2D eigenvalue weighted by Gasteiger charge is 2.23. The van der Waals surface area contributed by atoms with E-state index in [0.717, 1.165) is 53.8 Å². The number of rotatable bonds is 15. The van der Waals surface area contributed by atoms with Crippen molar-refractivity contribution in [2.75, 3.05) is 30.3 Å². The fraction of sp³-hybridized carbons (Fsp3) is 0.372. The molecular formula is C43H53N5O3. The van der Waals surface area contributed by atoms with Crippen molar-refractivity contribution in [1.82, 2.24) is 14.5 Å². The zero-order valence-electron chi connectivity index (χ0n) is 31.2. The Labute approximate surface area is 302 Å². The molecule has 0 aliphatic heterocycles. The predicted molar refractivity (Wildman–Crippen MR) is 211 cm³/mol. The fourth-order valence-corrected chi connectivity index (χ4v) is 6.47. The van der Waals surface area contributed by atoms with E-state index in [1.807, 2.05) is 60.7 Å². The summed E-state index contributed by atoms with van der Waals surface area (Å²) in [4.78, 5) is 35.5. The molecule has 5 aromatic rings. The molecule has 2 heterocycles. The monoisotopic (exact) mass is 687 g/mol. The van der Waals surface area contributed by atoms with Crippen molar-refractivity contribution < 1.29 is 9.53 Å². The number of aryl methyl sites for hydroxylation is 1. The Bertz CT molecular complexity index is 1960. The maximum Gasteiger partial charge on any atom is 0.323 e. The molecule has 8 nitrogen and oxygen atoms in total. The number of pyridine rings is 2. The first kappa shape index (κ1) is 37.3. The van der Waals surface area contributed by atoms with Gasteiger partial charge in [-0.1, -0.05) is 109 Å². The van der Waals surface area contributed by atoms with Crippen LogP contribution in [0.1, 0.15) is 83.4 Å². The number of hydrogen-bond donors (Lipinski definition) is 2. The van der Waals surface area contributed by atoms with Crippen LogP contribution >= 0.6 is 0 Å². The van der Waals surface area contributed by atoms with E-state index in [0.29, 0.717) is 36.0 Å². The summed E-state index contributed by atoms with van der Waals surface area (Å²) in [5.41, 5.74) is 6.02. The molecule has 0 saturated carbocycles. The number of urea groups is 1. The summed E-state index contributed by atoms with van der Waals surface area (Å²) in [6.45, 7) is 18.4. The second-order valence-corrected chi connectivity index (χ2v) is 14.2. The second kappa shape index (κ2) is 17.3. The minimum Gasteiger partial charge on any atom is -0.492 e. The largest absolute Gasteiger partial charge is 0.492 e. The summed E-state index contributed by atoms with van der Waals surface area (Å²) in [5.74, 6) is 1.45. The molecule has 268 valence electrons. The minimum atomic E-state index is -0.465. The SMILES string of the molecule is CCN(CCOc1cccc(-c2c(NC(=O)Nc3c(C(C)C)cccc3C(C)C)c(=O)n(CCC(C)C)c3ncccc23)c1)Cc1ccccc1. The molecule has 0 fully saturated rings. The Hall–Kier alpha value is -4.95. The molecule has 0 aliphatic rings. The van der Waals surface area contributed by atoms with Gasteiger partial charge in [-0.05, 0) is 77.2 Å². The number of carbonyl (C=O) groups excluding carboxylic acids is 1. The van der Waals surface area contributed by atoms with E-state index in [2.05, 4.69) is 93.2 Å². The number of carbonyl (C=O) groups is 1. The van der Waals surface area contributed by atoms with Crippen LogP contribution in [-0.4, -0.2) is 40.2 Å². The third kappa shape index (κ3) is 9.24. The van der Waals surface area contributed by atoms with E-state index in [1.54, 1.807) is 10.8 Å². The highest BCUT2D eigenvalue weighted by molar-refractivity contribution is 6.07. The van der Waals surface area contributed by atoms with Crippen LogP contribution in [0, 0.1) is 5.92 Å². The molecule has 0 aliphatic carbocycles. The van der Waals surface area contributed by atoms with Crippen molar-refractivity contribution in [3.63, 3.8) is 0 Å². The summed E-state index contributed by atoms with van der Waals surface area (Å²) < 4.78 is 8.00. The van der Waals surface area contributed by atoms with Crippen molar-refractivity contribution in [1.29, 1.82) is 0 Å². The summed E-state index contributed by atoms with van der Waals surface area (Å²) >= 11 is 0. The molecule has 2 N–H and O–H groups in total. The van der Waals surface area contributed by atoms with Gasteiger partial charge in [0.2, 0.25) is 0 Å². The van der Waals surface area contributed by atoms with Crippen LogP contribution in [0.5, 0.6) is 5.75 Å². The van der Waals surface area contributed by atoms with Gasteiger partial charge in [0, 0.05) is 42.5 Å². The molecule has 3 aromatic carbocycles. The van der Waals surface area contributed by atoms with E-state index in [9.17, 15) is 9.59 Å². The van der Waals surface area contributed by atoms with Gasteiger partial charge in [0.25, 0.3) is 5.56 Å². The molecule has 0 radical (unpaired) electrons. The van der Waals surface area contributed by atoms with Crippen LogP contribution in [0.25, 0.3) is 22.2 Å². The van der Waals surface area contributed by atoms with E-state index in [1.165, 1.54) is 5.56 Å². The summed E-state index contributed by atoms with van der Waals surface area (Å²) in [5, 5.41) is 6.95. The first-order valence-corrected chi connectivity index (χ1v) is 18.3. The van der Waals surface area contributed by atoms with Crippen LogP contribution in [0.4, 0.5) is 16.2 Å². The number of anilines is 2. The molecule has 0 bridgehead atoms. The van der Waals surface area contributed by atoms with Crippen LogP contribution < -0.4 is 20.9 Å². The number of aromatic nitrogens is 2. The minimum absolute atomic E-state index is 0.194. The van der Waals surface area contributed by atoms with Gasteiger partial charge in [0.15, 0.2) is 0 Å². The van der Waals surface area contributed by atoms with Gasteiger partial charge < -0.3 is 15.4 Å². The standard InChI is InChI=1S/C43H53N5O3/c1-8-47(28-32-15-10-9-11-16-32)25-26-51-34-18-12-17-33(27-34)38-37-21-14-23-44-41(37)48(24-22-29(2)3)42(49)40(38)46-43(50)45-39-35(30(4)5)19-13-20-36(39)31(6)7/h9-21,23,27,29-31H,8,22,24-26,28H2,1-7H3,(H2,45,46,50). The summed E-state index contributed by atoms with van der Waals surface area (Å²) in [6.07, 6.45) is 2.50. The van der Waals surface area contributed by atoms with Crippen molar-refractivity contribution in [3.05, 3.63) is 118 Å². The number of amides is 2. The fourth-order valence-electron chi connectivity index (χ4n) is 6.47. The third-order valence-electron chi connectivity index (χ3n) is 9.30. The smallest absolute Gasteiger partial charge is 0.323 e. The van der Waals surface area contributed by atoms with Crippen molar-refractivity contribution >= 4 is 28.4 Å². The Balaban J connectivity index is 1.52. The lowest BCUT2D eigenvalue weighted by molar-refractivity contribution is 0.210. The maximum absolute atomic E-state index is 14.5. The number of hydrogen-bond acceptors (Lipinski definition) is 5. The molecule has 0 spiro atoms. The Morgan fingerprint density at radius 2 is 1.53 bits per heavy atom. The Morgan fingerprint density at radius 3 is 2.20 bits per heavy atom. The molecule has 8 heteroatoms. The van der Waals surface area contributed by atoms with Crippen molar-refractivity contribution in [3.8, 4) is 16.9 Å². The van der Waals surface area contributed by atoms with Gasteiger partial charge in [-0.25, -0.2) is 9.78 Å². The normalized spacial score (nSPS) is 11.6. The molecular weight excluding hydrogens is 635 g/mol. The van der Waals surface area contributed by atoms with E-state index in [4.69, 9.17) is 4.74 Å². The number of fused-ring (bicyclic) bond motifs is 1. The second-order valence-electron chi connectivity index (χ2n) is 14.2. The number of nitrogens with one attached hydrogen (secondary N) is 2. The maximum atomic E-state index is 14.5. The first-order valence-electron chi connectivity index (χ1n) is 18.3. The van der Waals surface area contributed by atoms with Crippen LogP contribution in [0.2, 0.25) is 0 Å². The Kier molecular flexibility index (Phi) is 12.7. The number of benzene rings is 3. The third-order valence-corrected chi connectivity index (χ3v) is 9.30. The van der Waals surface area contributed by atoms with Gasteiger partial charge in [0.05, 0.1) is 0 Å². The molecule has 2 aromatic heterocycles. The molecule has 5 rings (SSSR count). The van der Waals surface area contributed by atoms with Gasteiger partial charge in [0.1, 0.15) is 23.7 Å². The number of para-hydroxylation sites is 1. The van der Waals surface area contributed by atoms with Gasteiger partial charge in [-0.15, -0.1) is 0 Å². The average molecular weight is 688 g/mol. The molecule has 2 amide bonds. The quantitative estimate of drug-likeness (QED) is 0.114. The van der Waals surface area contributed by atoms with Gasteiger partial charge >= 0.3 is 6.03 Å². The number of nitrogens with zero attached hydrogens (tertiary/aromatic N) is 3. The first-order chi connectivity index (χ1) is 24.6. The van der Waals surface area contributed by atoms with Crippen LogP contribution in [-0.2, 0) is 13.1 Å². The Morgan fingerprint density at radius 1 is 0.843 bits per heavy atom. The highest BCUT2D eigenvalue weighted by atomic mass is 16.5. The molecule has 0 unspecified atom stereocenters. The van der Waals surface area contributed by atoms with E-state index in [-0.39, 0.29) is 23.1 Å². The lowest BCUT2D eigenvalue weighted by Crippen LogP contribution is -2.30. The lowest BCUT2D eigenvalue weighted by atomic mass is 9.93. The summed E-state index contributed by atoms with van der Waals surface area (Å²) in [7, 11) is 0. The number of ether oxygens (including phenoxy) is 1. The average Bonchev–Trinajstić information content (AvgIpc) is 3.11. The summed E-state index contributed by atoms with van der Waals surface area (Å²) in [6, 6.07) is 27.7. The van der Waals surface area contributed by atoms with Crippen LogP contribution in [0.15, 0.2) is 95.9 Å². The number of likely N-dealkylation sites (N-methyl/N-ethyl adjacent to an activating group) is 1. The molecule has 0 atom stereocenters. The van der Waals surface area contributed by atoms with Crippen LogP contribution in [0.3, 0.4) is 0 Å². The highest BCUT2D eigenvalue weighted by Crippen LogP contribution is 2.36. The molecule has 0 saturated heterocycles. The molecule has 51 heavy (non-hydrogen) atoms. The zero-order valence-corrected chi connectivity index (χ0v) is 31.2. The van der Waals surface area contributed by atoms with E-state index >= 15 is 0 Å². The van der Waals surface area contributed by atoms with Crippen molar-refractivity contribution in [2.45, 2.75) is 79.8 Å². The topological polar surface area (TPSA) is 88.5 Å². The zero-order chi connectivity index (χ0) is 36.5. The van der Waals surface area contributed by atoms with E-state index < -0.39 is 6.03 Å². The van der Waals surface area contributed by atoms with Gasteiger partial charge in [-0.3, -0.25) is 14.3 Å². The lowest BCUT2D eigenvalue weighted by Gasteiger charge is -2.22.